The molecule has 35 heavy (non-hydrogen) atoms. The minimum absolute atomic E-state index is 0.262. The van der Waals surface area contributed by atoms with Crippen LogP contribution in [0.2, 0.25) is 10.0 Å². The third-order valence-electron chi connectivity index (χ3n) is 5.34. The number of amides is 1. The molecule has 178 valence electrons. The van der Waals surface area contributed by atoms with Crippen molar-refractivity contribution >= 4 is 34.8 Å². The first kappa shape index (κ1) is 24.4. The van der Waals surface area contributed by atoms with E-state index < -0.39 is 0 Å². The second kappa shape index (κ2) is 11.1. The number of rotatable bonds is 8. The van der Waals surface area contributed by atoms with Gasteiger partial charge < -0.3 is 14.0 Å². The zero-order valence-corrected chi connectivity index (χ0v) is 20.7. The van der Waals surface area contributed by atoms with Crippen molar-refractivity contribution in [1.29, 1.82) is 0 Å². The summed E-state index contributed by atoms with van der Waals surface area (Å²) >= 11 is 12.2. The maximum Gasteiger partial charge on any atom is 0.271 e. The lowest BCUT2D eigenvalue weighted by Gasteiger charge is -2.13. The molecule has 4 aromatic rings. The molecule has 1 heterocycles. The number of halogens is 2. The smallest absolute Gasteiger partial charge is 0.271 e. The highest BCUT2D eigenvalue weighted by Gasteiger charge is 2.11. The van der Waals surface area contributed by atoms with E-state index in [1.807, 2.05) is 53.4 Å². The van der Waals surface area contributed by atoms with E-state index in [1.165, 1.54) is 0 Å². The summed E-state index contributed by atoms with van der Waals surface area (Å²) in [5.41, 5.74) is 6.30. The number of hydrogen-bond acceptors (Lipinski definition) is 4. The SMILES string of the molecule is COc1cc(/C(C)=N/NC(=O)c2ccc(-n3cccc3)cc2)ccc1OCc1ccc(Cl)cc1Cl. The molecule has 1 amide bonds. The van der Waals surface area contributed by atoms with Crippen LogP contribution < -0.4 is 14.9 Å². The Labute approximate surface area is 213 Å². The summed E-state index contributed by atoms with van der Waals surface area (Å²) in [6.07, 6.45) is 3.89. The van der Waals surface area contributed by atoms with Crippen molar-refractivity contribution in [3.8, 4) is 17.2 Å². The number of nitrogens with one attached hydrogen (secondary N) is 1. The normalized spacial score (nSPS) is 11.3. The number of carbonyl (C=O) groups is 1. The van der Waals surface area contributed by atoms with Crippen molar-refractivity contribution in [3.63, 3.8) is 0 Å². The third-order valence-corrected chi connectivity index (χ3v) is 5.92. The predicted octanol–water partition coefficient (Wildman–Crippen LogP) is 6.53. The second-order valence-corrected chi connectivity index (χ2v) is 8.51. The van der Waals surface area contributed by atoms with Gasteiger partial charge in [0.1, 0.15) is 6.61 Å². The molecular weight excluding hydrogens is 485 g/mol. The molecule has 6 nitrogen and oxygen atoms in total. The summed E-state index contributed by atoms with van der Waals surface area (Å²) in [7, 11) is 1.56. The van der Waals surface area contributed by atoms with Crippen molar-refractivity contribution in [3.05, 3.63) is 112 Å². The molecule has 8 heteroatoms. The van der Waals surface area contributed by atoms with E-state index in [2.05, 4.69) is 10.5 Å². The number of methoxy groups -OCH3 is 1. The van der Waals surface area contributed by atoms with E-state index in [9.17, 15) is 4.79 Å². The molecule has 0 atom stereocenters. The molecule has 1 N–H and O–H groups in total. The molecule has 0 unspecified atom stereocenters. The molecule has 0 spiro atoms. The summed E-state index contributed by atoms with van der Waals surface area (Å²) in [6, 6.07) is 21.9. The van der Waals surface area contributed by atoms with E-state index in [0.29, 0.717) is 32.8 Å². The van der Waals surface area contributed by atoms with Gasteiger partial charge in [-0.15, -0.1) is 0 Å². The van der Waals surface area contributed by atoms with Crippen LogP contribution in [0, 0.1) is 0 Å². The first-order valence-electron chi connectivity index (χ1n) is 10.8. The first-order valence-corrected chi connectivity index (χ1v) is 11.5. The standard InChI is InChI=1S/C27H23Cl2N3O3/c1-18(30-31-27(33)19-6-10-23(11-7-19)32-13-3-4-14-32)20-8-12-25(26(15-20)34-2)35-17-21-5-9-22(28)16-24(21)29/h3-16H,17H2,1-2H3,(H,31,33)/b30-18+. The summed E-state index contributed by atoms with van der Waals surface area (Å²) in [6.45, 7) is 2.07. The van der Waals surface area contributed by atoms with Crippen LogP contribution in [0.3, 0.4) is 0 Å². The zero-order valence-electron chi connectivity index (χ0n) is 19.2. The molecule has 0 fully saturated rings. The first-order chi connectivity index (χ1) is 16.9. The maximum atomic E-state index is 12.5. The average Bonchev–Trinajstić information content (AvgIpc) is 3.42. The van der Waals surface area contributed by atoms with Crippen LogP contribution in [0.1, 0.15) is 28.4 Å². The zero-order chi connectivity index (χ0) is 24.8. The highest BCUT2D eigenvalue weighted by molar-refractivity contribution is 6.35. The number of carbonyl (C=O) groups excluding carboxylic acids is 1. The van der Waals surface area contributed by atoms with E-state index >= 15 is 0 Å². The van der Waals surface area contributed by atoms with Crippen molar-refractivity contribution in [2.75, 3.05) is 7.11 Å². The van der Waals surface area contributed by atoms with Gasteiger partial charge in [0.05, 0.1) is 12.8 Å². The van der Waals surface area contributed by atoms with Gasteiger partial charge in [0.2, 0.25) is 0 Å². The van der Waals surface area contributed by atoms with Crippen LogP contribution in [0.15, 0.2) is 90.3 Å². The van der Waals surface area contributed by atoms with Crippen molar-refractivity contribution in [2.45, 2.75) is 13.5 Å². The molecular formula is C27H23Cl2N3O3. The highest BCUT2D eigenvalue weighted by atomic mass is 35.5. The van der Waals surface area contributed by atoms with Gasteiger partial charge in [-0.2, -0.15) is 5.10 Å². The van der Waals surface area contributed by atoms with Crippen LogP contribution >= 0.6 is 23.2 Å². The Kier molecular flexibility index (Phi) is 7.75. The topological polar surface area (TPSA) is 64.8 Å². The molecule has 1 aromatic heterocycles. The van der Waals surface area contributed by atoms with Crippen LogP contribution in [0.25, 0.3) is 5.69 Å². The number of nitrogens with zero attached hydrogens (tertiary/aromatic N) is 2. The minimum atomic E-state index is -0.296. The molecule has 0 radical (unpaired) electrons. The minimum Gasteiger partial charge on any atom is -0.493 e. The molecule has 0 aliphatic carbocycles. The van der Waals surface area contributed by atoms with Crippen LogP contribution in [-0.2, 0) is 6.61 Å². The van der Waals surface area contributed by atoms with Crippen LogP contribution in [0.5, 0.6) is 11.5 Å². The predicted molar refractivity (Wildman–Crippen MR) is 139 cm³/mol. The largest absolute Gasteiger partial charge is 0.493 e. The number of hydrogen-bond donors (Lipinski definition) is 1. The van der Waals surface area contributed by atoms with Gasteiger partial charge in [-0.25, -0.2) is 5.43 Å². The summed E-state index contributed by atoms with van der Waals surface area (Å²) in [4.78, 5) is 12.5. The molecule has 0 aliphatic heterocycles. The number of aromatic nitrogens is 1. The fourth-order valence-electron chi connectivity index (χ4n) is 3.36. The van der Waals surface area contributed by atoms with Gasteiger partial charge in [0.15, 0.2) is 11.5 Å². The van der Waals surface area contributed by atoms with Crippen molar-refractivity contribution < 1.29 is 14.3 Å². The molecule has 4 rings (SSSR count). The summed E-state index contributed by atoms with van der Waals surface area (Å²) in [5.74, 6) is 0.797. The fraction of sp³-hybridized carbons (Fsp3) is 0.111. The third kappa shape index (κ3) is 6.04. The molecule has 0 saturated carbocycles. The fourth-order valence-corrected chi connectivity index (χ4v) is 3.82. The molecule has 0 aliphatic rings. The Hall–Kier alpha value is -3.74. The monoisotopic (exact) mass is 507 g/mol. The maximum absolute atomic E-state index is 12.5. The number of ether oxygens (including phenoxy) is 2. The summed E-state index contributed by atoms with van der Waals surface area (Å²) in [5, 5.41) is 5.35. The molecule has 0 bridgehead atoms. The Bertz CT molecular complexity index is 1350. The van der Waals surface area contributed by atoms with Crippen LogP contribution in [-0.4, -0.2) is 23.3 Å². The average molecular weight is 508 g/mol. The molecule has 3 aromatic carbocycles. The number of hydrazone groups is 1. The van der Waals surface area contributed by atoms with Crippen molar-refractivity contribution in [1.82, 2.24) is 9.99 Å². The van der Waals surface area contributed by atoms with Gasteiger partial charge in [-0.1, -0.05) is 29.3 Å². The van der Waals surface area contributed by atoms with Gasteiger partial charge in [-0.05, 0) is 73.7 Å². The van der Waals surface area contributed by atoms with Gasteiger partial charge in [0, 0.05) is 44.8 Å². The lowest BCUT2D eigenvalue weighted by molar-refractivity contribution is 0.0955. The quantitative estimate of drug-likeness (QED) is 0.218. The van der Waals surface area contributed by atoms with E-state index in [4.69, 9.17) is 32.7 Å². The van der Waals surface area contributed by atoms with Gasteiger partial charge >= 0.3 is 0 Å². The Balaban J connectivity index is 1.41. The van der Waals surface area contributed by atoms with Gasteiger partial charge in [-0.3, -0.25) is 4.79 Å². The molecule has 0 saturated heterocycles. The lowest BCUT2D eigenvalue weighted by atomic mass is 10.1. The summed E-state index contributed by atoms with van der Waals surface area (Å²) < 4.78 is 13.4. The van der Waals surface area contributed by atoms with E-state index in [1.54, 1.807) is 50.4 Å². The van der Waals surface area contributed by atoms with E-state index in [-0.39, 0.29) is 12.5 Å². The highest BCUT2D eigenvalue weighted by Crippen LogP contribution is 2.30. The van der Waals surface area contributed by atoms with Gasteiger partial charge in [0.25, 0.3) is 5.91 Å². The Morgan fingerprint density at radius 2 is 1.66 bits per heavy atom. The Morgan fingerprint density at radius 1 is 0.943 bits per heavy atom. The van der Waals surface area contributed by atoms with Crippen molar-refractivity contribution in [2.24, 2.45) is 5.10 Å². The van der Waals surface area contributed by atoms with Crippen LogP contribution in [0.4, 0.5) is 0 Å². The van der Waals surface area contributed by atoms with E-state index in [0.717, 1.165) is 16.8 Å². The number of benzene rings is 3. The second-order valence-electron chi connectivity index (χ2n) is 7.67. The Morgan fingerprint density at radius 3 is 2.34 bits per heavy atom. The lowest BCUT2D eigenvalue weighted by Crippen LogP contribution is -2.19.